The lowest BCUT2D eigenvalue weighted by atomic mass is 9.92. The van der Waals surface area contributed by atoms with E-state index in [9.17, 15) is 4.79 Å². The van der Waals surface area contributed by atoms with Gasteiger partial charge in [-0.05, 0) is 58.8 Å². The van der Waals surface area contributed by atoms with Crippen LogP contribution >= 0.6 is 0 Å². The molecule has 0 aromatic carbocycles. The first-order valence-corrected chi connectivity index (χ1v) is 6.70. The summed E-state index contributed by atoms with van der Waals surface area (Å²) in [6.45, 7) is 5.06. The third kappa shape index (κ3) is 2.80. The zero-order chi connectivity index (χ0) is 12.5. The first kappa shape index (κ1) is 12.8. The van der Waals surface area contributed by atoms with Gasteiger partial charge < -0.3 is 15.5 Å². The van der Waals surface area contributed by atoms with Crippen molar-refractivity contribution in [3.63, 3.8) is 0 Å². The maximum atomic E-state index is 12.1. The Kier molecular flexibility index (Phi) is 3.73. The van der Waals surface area contributed by atoms with Crippen molar-refractivity contribution in [3.8, 4) is 0 Å². The van der Waals surface area contributed by atoms with Crippen LogP contribution in [0.4, 0.5) is 0 Å². The van der Waals surface area contributed by atoms with Gasteiger partial charge in [0.1, 0.15) is 0 Å². The van der Waals surface area contributed by atoms with Crippen LogP contribution < -0.4 is 10.6 Å². The van der Waals surface area contributed by atoms with E-state index in [1.54, 1.807) is 0 Å². The molecule has 4 heteroatoms. The predicted octanol–water partition coefficient (Wildman–Crippen LogP) is 0.442. The molecule has 1 aliphatic carbocycles. The number of nitrogens with zero attached hydrogens (tertiary/aromatic N) is 1. The largest absolute Gasteiger partial charge is 0.354 e. The van der Waals surface area contributed by atoms with Crippen molar-refractivity contribution < 1.29 is 4.79 Å². The molecule has 98 valence electrons. The molecule has 2 aliphatic rings. The van der Waals surface area contributed by atoms with E-state index < -0.39 is 0 Å². The fourth-order valence-electron chi connectivity index (χ4n) is 2.75. The van der Waals surface area contributed by atoms with Crippen molar-refractivity contribution >= 4 is 5.91 Å². The molecule has 0 radical (unpaired) electrons. The molecule has 2 N–H and O–H groups in total. The Hall–Kier alpha value is -0.610. The molecule has 1 aliphatic heterocycles. The lowest BCUT2D eigenvalue weighted by molar-refractivity contribution is -0.123. The van der Waals surface area contributed by atoms with Gasteiger partial charge in [-0.2, -0.15) is 0 Å². The van der Waals surface area contributed by atoms with Gasteiger partial charge in [-0.25, -0.2) is 0 Å². The number of likely N-dealkylation sites (N-methyl/N-ethyl adjacent to an activating group) is 1. The van der Waals surface area contributed by atoms with Gasteiger partial charge in [-0.15, -0.1) is 0 Å². The third-order valence-corrected chi connectivity index (χ3v) is 4.56. The molecule has 4 nitrogen and oxygen atoms in total. The number of nitrogens with one attached hydrogen (secondary N) is 2. The van der Waals surface area contributed by atoms with Crippen molar-refractivity contribution in [2.24, 2.45) is 11.3 Å². The molecule has 1 spiro atoms. The summed E-state index contributed by atoms with van der Waals surface area (Å²) in [6.07, 6.45) is 3.46. The molecule has 1 heterocycles. The molecule has 2 atom stereocenters. The van der Waals surface area contributed by atoms with E-state index in [1.807, 2.05) is 14.1 Å². The van der Waals surface area contributed by atoms with E-state index in [2.05, 4.69) is 22.5 Å². The average Bonchev–Trinajstić information content (AvgIpc) is 3.00. The monoisotopic (exact) mass is 239 g/mol. The molecule has 2 unspecified atom stereocenters. The Labute approximate surface area is 104 Å². The number of carbonyl (C=O) groups excluding carboxylic acids is 1. The summed E-state index contributed by atoms with van der Waals surface area (Å²) in [5.74, 6) is 0.569. The van der Waals surface area contributed by atoms with Crippen LogP contribution in [-0.2, 0) is 4.79 Å². The second-order valence-electron chi connectivity index (χ2n) is 5.93. The van der Waals surface area contributed by atoms with Crippen molar-refractivity contribution in [1.29, 1.82) is 0 Å². The standard InChI is InChI=1S/C13H25N3O/c1-10(16(2)3)9-15-12(17)11-8-13(11)4-6-14-7-5-13/h10-11,14H,4-9H2,1-3H3,(H,15,17). The van der Waals surface area contributed by atoms with E-state index >= 15 is 0 Å². The van der Waals surface area contributed by atoms with Gasteiger partial charge in [0.05, 0.1) is 0 Å². The van der Waals surface area contributed by atoms with Gasteiger partial charge in [0.25, 0.3) is 0 Å². The van der Waals surface area contributed by atoms with Gasteiger partial charge in [0, 0.05) is 18.5 Å². The lowest BCUT2D eigenvalue weighted by Crippen LogP contribution is -2.40. The lowest BCUT2D eigenvalue weighted by Gasteiger charge is -2.24. The number of amides is 1. The summed E-state index contributed by atoms with van der Waals surface area (Å²) in [6, 6.07) is 0.404. The van der Waals surface area contributed by atoms with Gasteiger partial charge in [-0.1, -0.05) is 0 Å². The summed E-state index contributed by atoms with van der Waals surface area (Å²) in [4.78, 5) is 14.2. The molecular formula is C13H25N3O. The highest BCUT2D eigenvalue weighted by molar-refractivity contribution is 5.82. The quantitative estimate of drug-likeness (QED) is 0.748. The zero-order valence-corrected chi connectivity index (χ0v) is 11.3. The Balaban J connectivity index is 1.75. The first-order valence-electron chi connectivity index (χ1n) is 6.70. The van der Waals surface area contributed by atoms with Crippen LogP contribution in [0.2, 0.25) is 0 Å². The number of carbonyl (C=O) groups is 1. The Bertz CT molecular complexity index is 284. The van der Waals surface area contributed by atoms with E-state index in [1.165, 1.54) is 12.8 Å². The number of hydrogen-bond donors (Lipinski definition) is 2. The zero-order valence-electron chi connectivity index (χ0n) is 11.3. The van der Waals surface area contributed by atoms with E-state index in [-0.39, 0.29) is 5.91 Å². The molecule has 0 aromatic rings. The number of hydrogen-bond acceptors (Lipinski definition) is 3. The van der Waals surface area contributed by atoms with Gasteiger partial charge in [0.15, 0.2) is 0 Å². The summed E-state index contributed by atoms with van der Waals surface area (Å²) in [5.41, 5.74) is 0.358. The minimum absolute atomic E-state index is 0.278. The van der Waals surface area contributed by atoms with E-state index in [0.29, 0.717) is 17.4 Å². The van der Waals surface area contributed by atoms with Crippen LogP contribution in [0, 0.1) is 11.3 Å². The molecule has 1 amide bonds. The minimum atomic E-state index is 0.278. The van der Waals surface area contributed by atoms with Crippen LogP contribution in [0.1, 0.15) is 26.2 Å². The molecule has 1 saturated carbocycles. The van der Waals surface area contributed by atoms with Crippen LogP contribution in [-0.4, -0.2) is 50.6 Å². The summed E-state index contributed by atoms with van der Waals surface area (Å²) < 4.78 is 0. The number of rotatable bonds is 4. The maximum absolute atomic E-state index is 12.1. The SMILES string of the molecule is CC(CNC(=O)C1CC12CCNCC2)N(C)C. The smallest absolute Gasteiger partial charge is 0.223 e. The Morgan fingerprint density at radius 3 is 2.71 bits per heavy atom. The minimum Gasteiger partial charge on any atom is -0.354 e. The molecular weight excluding hydrogens is 214 g/mol. The Morgan fingerprint density at radius 2 is 2.12 bits per heavy atom. The fraction of sp³-hybridized carbons (Fsp3) is 0.923. The summed E-state index contributed by atoms with van der Waals surface area (Å²) in [7, 11) is 4.09. The highest BCUT2D eigenvalue weighted by atomic mass is 16.2. The van der Waals surface area contributed by atoms with Crippen molar-refractivity contribution in [1.82, 2.24) is 15.5 Å². The number of piperidine rings is 1. The molecule has 17 heavy (non-hydrogen) atoms. The van der Waals surface area contributed by atoms with Gasteiger partial charge in [-0.3, -0.25) is 4.79 Å². The normalized spacial score (nSPS) is 28.1. The van der Waals surface area contributed by atoms with Crippen molar-refractivity contribution in [3.05, 3.63) is 0 Å². The molecule has 1 saturated heterocycles. The van der Waals surface area contributed by atoms with Crippen LogP contribution in [0.25, 0.3) is 0 Å². The maximum Gasteiger partial charge on any atom is 0.223 e. The van der Waals surface area contributed by atoms with Crippen LogP contribution in [0.15, 0.2) is 0 Å². The first-order chi connectivity index (χ1) is 8.05. The highest BCUT2D eigenvalue weighted by Crippen LogP contribution is 2.58. The molecule has 0 aromatic heterocycles. The molecule has 0 bridgehead atoms. The van der Waals surface area contributed by atoms with E-state index in [4.69, 9.17) is 0 Å². The topological polar surface area (TPSA) is 44.4 Å². The van der Waals surface area contributed by atoms with Crippen LogP contribution in [0.5, 0.6) is 0 Å². The summed E-state index contributed by atoms with van der Waals surface area (Å²) in [5, 5.41) is 6.46. The van der Waals surface area contributed by atoms with E-state index in [0.717, 1.165) is 26.1 Å². The second-order valence-corrected chi connectivity index (χ2v) is 5.93. The van der Waals surface area contributed by atoms with Gasteiger partial charge in [0.2, 0.25) is 5.91 Å². The molecule has 2 rings (SSSR count). The average molecular weight is 239 g/mol. The summed E-state index contributed by atoms with van der Waals surface area (Å²) >= 11 is 0. The fourth-order valence-corrected chi connectivity index (χ4v) is 2.75. The molecule has 2 fully saturated rings. The Morgan fingerprint density at radius 1 is 1.47 bits per heavy atom. The van der Waals surface area contributed by atoms with Crippen molar-refractivity contribution in [2.75, 3.05) is 33.7 Å². The second kappa shape index (κ2) is 4.94. The van der Waals surface area contributed by atoms with Crippen molar-refractivity contribution in [2.45, 2.75) is 32.2 Å². The highest BCUT2D eigenvalue weighted by Gasteiger charge is 2.57. The third-order valence-electron chi connectivity index (χ3n) is 4.56. The van der Waals surface area contributed by atoms with Gasteiger partial charge >= 0.3 is 0 Å². The van der Waals surface area contributed by atoms with Crippen LogP contribution in [0.3, 0.4) is 0 Å². The predicted molar refractivity (Wildman–Crippen MR) is 68.8 cm³/mol.